The van der Waals surface area contributed by atoms with Gasteiger partial charge in [0.2, 0.25) is 29.5 Å². The maximum atomic E-state index is 14.3. The highest BCUT2D eigenvalue weighted by Gasteiger charge is 2.46. The average molecular weight is 1140 g/mol. The van der Waals surface area contributed by atoms with E-state index in [1.54, 1.807) is 60.8 Å². The fourth-order valence-corrected chi connectivity index (χ4v) is 10.1. The number of esters is 1. The number of aromatic nitrogens is 4. The van der Waals surface area contributed by atoms with Crippen molar-refractivity contribution in [3.8, 4) is 17.1 Å². The number of likely N-dealkylation sites (tertiary alicyclic amines) is 1. The topological polar surface area (TPSA) is 312 Å². The van der Waals surface area contributed by atoms with Gasteiger partial charge in [0, 0.05) is 55.5 Å². The average Bonchev–Trinajstić information content (AvgIpc) is 3.86. The van der Waals surface area contributed by atoms with Gasteiger partial charge in [0.25, 0.3) is 18.2 Å². The monoisotopic (exact) mass is 1140 g/mol. The number of nitrogens with one attached hydrogen (secondary N) is 6. The number of fused-ring (bicyclic) bond motifs is 1. The van der Waals surface area contributed by atoms with E-state index >= 15 is 0 Å². The first kappa shape index (κ1) is 57.0. The summed E-state index contributed by atoms with van der Waals surface area (Å²) >= 11 is 0. The van der Waals surface area contributed by atoms with Gasteiger partial charge in [-0.2, -0.15) is 5.10 Å². The third-order valence-corrected chi connectivity index (χ3v) is 14.6. The Morgan fingerprint density at radius 3 is 2.46 bits per heavy atom. The lowest BCUT2D eigenvalue weighted by atomic mass is 10.0. The van der Waals surface area contributed by atoms with Crippen LogP contribution in [0.5, 0.6) is 0 Å². The molecule has 0 spiro atoms. The summed E-state index contributed by atoms with van der Waals surface area (Å²) in [5.74, 6) is -2.41. The highest BCUT2D eigenvalue weighted by atomic mass is 19.3. The van der Waals surface area contributed by atoms with Gasteiger partial charge >= 0.3 is 5.97 Å². The Morgan fingerprint density at radius 2 is 1.71 bits per heavy atom. The minimum Gasteiger partial charge on any atom is -0.459 e. The number of aliphatic hydroxyl groups excluding tert-OH is 1. The molecule has 4 fully saturated rings. The number of hydrogen-bond acceptors (Lipinski definition) is 19. The molecule has 7 heterocycles. The molecule has 10 rings (SSSR count). The van der Waals surface area contributed by atoms with Gasteiger partial charge in [-0.3, -0.25) is 43.8 Å². The summed E-state index contributed by atoms with van der Waals surface area (Å²) in [6.45, 7) is 2.22. The van der Waals surface area contributed by atoms with Crippen LogP contribution in [0.3, 0.4) is 0 Å². The van der Waals surface area contributed by atoms with Crippen LogP contribution in [-0.4, -0.2) is 166 Å². The van der Waals surface area contributed by atoms with Crippen LogP contribution in [-0.2, 0) is 49.5 Å². The minimum absolute atomic E-state index is 0.0240. The van der Waals surface area contributed by atoms with Gasteiger partial charge in [-0.05, 0) is 80.5 Å². The zero-order valence-corrected chi connectivity index (χ0v) is 44.5. The van der Waals surface area contributed by atoms with Crippen LogP contribution in [0.25, 0.3) is 17.1 Å². The van der Waals surface area contributed by atoms with Crippen molar-refractivity contribution in [2.75, 3.05) is 81.8 Å². The minimum atomic E-state index is -3.04. The van der Waals surface area contributed by atoms with Gasteiger partial charge in [-0.1, -0.05) is 24.3 Å². The molecule has 7 N–H and O–H groups in total. The lowest BCUT2D eigenvalue weighted by Gasteiger charge is -2.31. The maximum Gasteiger partial charge on any atom is 0.323 e. The van der Waals surface area contributed by atoms with Gasteiger partial charge in [-0.25, -0.2) is 23.4 Å². The summed E-state index contributed by atoms with van der Waals surface area (Å²) in [5, 5.41) is 32.0. The van der Waals surface area contributed by atoms with Crippen molar-refractivity contribution in [3.05, 3.63) is 101 Å². The number of alkyl halides is 2. The summed E-state index contributed by atoms with van der Waals surface area (Å²) in [6.07, 6.45) is 2.84. The van der Waals surface area contributed by atoms with E-state index in [0.29, 0.717) is 59.3 Å². The molecular weight excluding hydrogens is 1070 g/mol. The molecule has 82 heavy (non-hydrogen) atoms. The third-order valence-electron chi connectivity index (χ3n) is 14.6. The number of rotatable bonds is 26. The van der Waals surface area contributed by atoms with Crippen LogP contribution in [0.2, 0.25) is 0 Å². The number of oxazole rings is 1. The number of piperidine rings is 1. The van der Waals surface area contributed by atoms with E-state index in [0.717, 1.165) is 24.1 Å². The summed E-state index contributed by atoms with van der Waals surface area (Å²) in [4.78, 5) is 102. The molecule has 2 unspecified atom stereocenters. The largest absolute Gasteiger partial charge is 0.459 e. The molecular formula is C55H62F2N12O13. The highest BCUT2D eigenvalue weighted by molar-refractivity contribution is 6.08. The van der Waals surface area contributed by atoms with Crippen LogP contribution in [0.4, 0.5) is 26.0 Å². The van der Waals surface area contributed by atoms with Crippen LogP contribution in [0.15, 0.2) is 77.7 Å². The Balaban J connectivity index is 0.663. The number of hydrogen-bond donors (Lipinski definition) is 7. The number of ether oxygens (including phenoxy) is 4. The van der Waals surface area contributed by atoms with Crippen LogP contribution in [0.1, 0.15) is 95.3 Å². The Labute approximate surface area is 468 Å². The number of imide groups is 1. The molecule has 1 aliphatic carbocycles. The van der Waals surface area contributed by atoms with Gasteiger partial charge in [0.1, 0.15) is 42.9 Å². The second-order valence-electron chi connectivity index (χ2n) is 20.3. The molecule has 5 atom stereocenters. The van der Waals surface area contributed by atoms with Crippen molar-refractivity contribution in [3.63, 3.8) is 0 Å². The first-order valence-corrected chi connectivity index (χ1v) is 27.2. The molecule has 0 bridgehead atoms. The van der Waals surface area contributed by atoms with E-state index in [1.165, 1.54) is 28.6 Å². The number of amides is 6. The smallest absolute Gasteiger partial charge is 0.323 e. The van der Waals surface area contributed by atoms with Crippen molar-refractivity contribution in [1.29, 1.82) is 0 Å². The van der Waals surface area contributed by atoms with Gasteiger partial charge in [0.15, 0.2) is 17.6 Å². The Bertz CT molecular complexity index is 3150. The van der Waals surface area contributed by atoms with Crippen molar-refractivity contribution in [2.24, 2.45) is 5.92 Å². The summed E-state index contributed by atoms with van der Waals surface area (Å²) in [5.41, 5.74) is 1.59. The number of halogens is 2. The van der Waals surface area contributed by atoms with E-state index in [4.69, 9.17) is 23.4 Å². The standard InChI is InChI=1S/C55H62F2N12O13/c56-48(57)47-39(63-49(72)40-29-81-52(64-40)33-14-16-60-43(23-33)61-25-31-6-7-31)28-68(66-47)34-10-8-32(9-11-34)26-62-50(73)42-24-35(82-55(77)38-5-2-15-58-38)27-67(42)45(71)30-80-22-21-79-20-19-78-18-17-59-37-4-1-3-36-46(37)54(76)69(53(36)75)41-12-13-44(70)65-51(41)74/h1,3-4,8-11,14,16,23,28-29,31,35,38,41-42,48,53,58-59,75H,2,5-7,12-13,15,17-22,24-27,30H2,(H,60,61)(H,62,73)(H,63,72)(H,65,70,74)/t35-,38+,41?,42+,53?/m1/s1. The van der Waals surface area contributed by atoms with E-state index in [2.05, 4.69) is 47.0 Å². The second-order valence-corrected chi connectivity index (χ2v) is 20.3. The molecule has 1 saturated carbocycles. The predicted octanol–water partition coefficient (Wildman–Crippen LogP) is 3.23. The Kier molecular flexibility index (Phi) is 18.2. The lowest BCUT2D eigenvalue weighted by molar-refractivity contribution is -0.151. The normalized spacial score (nSPS) is 20.5. The number of aliphatic hydroxyl groups is 1. The molecule has 4 aliphatic heterocycles. The van der Waals surface area contributed by atoms with Gasteiger partial charge in [-0.15, -0.1) is 0 Å². The summed E-state index contributed by atoms with van der Waals surface area (Å²) in [7, 11) is 0. The van der Waals surface area contributed by atoms with Gasteiger partial charge < -0.3 is 60.0 Å². The van der Waals surface area contributed by atoms with Crippen molar-refractivity contribution in [1.82, 2.24) is 45.5 Å². The molecule has 25 nitrogen and oxygen atoms in total. The molecule has 0 radical (unpaired) electrons. The van der Waals surface area contributed by atoms with Crippen molar-refractivity contribution >= 4 is 58.6 Å². The quantitative estimate of drug-likeness (QED) is 0.0237. The number of carbonyl (C=O) groups excluding carboxylic acids is 7. The van der Waals surface area contributed by atoms with Crippen LogP contribution >= 0.6 is 0 Å². The third kappa shape index (κ3) is 13.7. The van der Waals surface area contributed by atoms with E-state index in [9.17, 15) is 47.4 Å². The summed E-state index contributed by atoms with van der Waals surface area (Å²) < 4.78 is 58.0. The van der Waals surface area contributed by atoms with Crippen LogP contribution < -0.4 is 31.9 Å². The maximum absolute atomic E-state index is 14.3. The Morgan fingerprint density at radius 1 is 0.915 bits per heavy atom. The van der Waals surface area contributed by atoms with Gasteiger partial charge in [0.05, 0.1) is 62.7 Å². The molecule has 5 aliphatic rings. The Hall–Kier alpha value is -8.24. The van der Waals surface area contributed by atoms with Crippen LogP contribution in [0, 0.1) is 5.92 Å². The molecule has 2 aromatic carbocycles. The van der Waals surface area contributed by atoms with E-state index in [-0.39, 0.29) is 94.8 Å². The van der Waals surface area contributed by atoms with E-state index < -0.39 is 84.0 Å². The number of nitrogens with zero attached hydrogens (tertiary/aromatic N) is 6. The number of pyridine rings is 1. The summed E-state index contributed by atoms with van der Waals surface area (Å²) in [6, 6.07) is 12.5. The first-order chi connectivity index (χ1) is 39.8. The van der Waals surface area contributed by atoms with E-state index in [1.807, 2.05) is 0 Å². The second kappa shape index (κ2) is 26.1. The lowest BCUT2D eigenvalue weighted by Crippen LogP contribution is -2.53. The highest BCUT2D eigenvalue weighted by Crippen LogP contribution is 2.39. The van der Waals surface area contributed by atoms with Crippen molar-refractivity contribution < 1.29 is 70.8 Å². The number of benzene rings is 2. The molecule has 434 valence electrons. The van der Waals surface area contributed by atoms with Crippen molar-refractivity contribution in [2.45, 2.75) is 88.4 Å². The first-order valence-electron chi connectivity index (χ1n) is 27.2. The fourth-order valence-electron chi connectivity index (χ4n) is 10.1. The molecule has 3 saturated heterocycles. The predicted molar refractivity (Wildman–Crippen MR) is 285 cm³/mol. The molecule has 27 heteroatoms. The zero-order chi connectivity index (χ0) is 57.3. The number of anilines is 3. The SMILES string of the molecule is O=C1CCC(N2C(=O)c3c(NCCOCCOCCOCC(=O)N4C[C@H](OC(=O)[C@@H]5CCCN5)C[C@H]4C(=O)NCc4ccc(-n5cc(NC(=O)c6coc(-c7ccnc(NCC8CC8)c7)n6)c(C(F)F)n5)cc4)cccc3C2O)C(=O)N1. The zero-order valence-electron chi connectivity index (χ0n) is 44.5. The fraction of sp³-hybridized carbons (Fsp3) is 0.455. The molecule has 5 aromatic rings. The molecule has 3 aromatic heterocycles. The molecule has 6 amide bonds. The number of carbonyl (C=O) groups is 7.